The van der Waals surface area contributed by atoms with Crippen LogP contribution in [0.5, 0.6) is 0 Å². The van der Waals surface area contributed by atoms with Crippen molar-refractivity contribution in [1.29, 1.82) is 0 Å². The highest BCUT2D eigenvalue weighted by Gasteiger charge is 2.45. The van der Waals surface area contributed by atoms with E-state index in [1.807, 2.05) is 0 Å². The van der Waals surface area contributed by atoms with Crippen molar-refractivity contribution in [3.8, 4) is 0 Å². The topological polar surface area (TPSA) is 78.3 Å². The highest BCUT2D eigenvalue weighted by molar-refractivity contribution is 5.79. The van der Waals surface area contributed by atoms with Gasteiger partial charge in [-0.15, -0.1) is 0 Å². The molecular weight excluding hydrogens is 206 g/mol. The predicted molar refractivity (Wildman–Crippen MR) is 50.0 cm³/mol. The summed E-state index contributed by atoms with van der Waals surface area (Å²) in [7, 11) is 1.07. The minimum absolute atomic E-state index is 0.0495. The molecule has 1 aliphatic carbocycles. The Morgan fingerprint density at radius 1 is 1.47 bits per heavy atom. The molecule has 0 aliphatic heterocycles. The summed E-state index contributed by atoms with van der Waals surface area (Å²) in [5.74, 6) is -3.97. The second-order valence-electron chi connectivity index (χ2n) is 4.21. The lowest BCUT2D eigenvalue weighted by atomic mass is 9.99. The Hall–Kier alpha value is -0.750. The third-order valence-corrected chi connectivity index (χ3v) is 2.40. The molecule has 4 N–H and O–H groups in total. The van der Waals surface area contributed by atoms with E-state index in [4.69, 9.17) is 11.5 Å². The number of hydrogen-bond acceptors (Lipinski definition) is 4. The van der Waals surface area contributed by atoms with Gasteiger partial charge in [-0.25, -0.2) is 13.6 Å². The lowest BCUT2D eigenvalue weighted by molar-refractivity contribution is -0.151. The van der Waals surface area contributed by atoms with Gasteiger partial charge in [0.25, 0.3) is 5.92 Å². The van der Waals surface area contributed by atoms with E-state index in [9.17, 15) is 13.6 Å². The summed E-state index contributed by atoms with van der Waals surface area (Å²) >= 11 is 0. The van der Waals surface area contributed by atoms with Crippen LogP contribution in [0.1, 0.15) is 25.7 Å². The van der Waals surface area contributed by atoms with Crippen molar-refractivity contribution in [2.24, 2.45) is 17.4 Å². The average Bonchev–Trinajstić information content (AvgIpc) is 2.83. The van der Waals surface area contributed by atoms with E-state index in [0.29, 0.717) is 0 Å². The minimum Gasteiger partial charge on any atom is -0.467 e. The van der Waals surface area contributed by atoms with E-state index >= 15 is 0 Å². The predicted octanol–water partition coefficient (Wildman–Crippen LogP) is 0.599. The van der Waals surface area contributed by atoms with Crippen LogP contribution in [0.2, 0.25) is 0 Å². The molecular formula is C9H16F2N2O2. The van der Waals surface area contributed by atoms with Crippen molar-refractivity contribution in [2.75, 3.05) is 7.11 Å². The normalized spacial score (nSPS) is 17.7. The van der Waals surface area contributed by atoms with Crippen molar-refractivity contribution < 1.29 is 18.3 Å². The van der Waals surface area contributed by atoms with Gasteiger partial charge in [0.05, 0.1) is 13.5 Å². The Balaban J connectivity index is 2.53. The van der Waals surface area contributed by atoms with Crippen LogP contribution in [0.3, 0.4) is 0 Å². The second kappa shape index (κ2) is 4.02. The largest absolute Gasteiger partial charge is 0.467 e. The maximum Gasteiger partial charge on any atom is 0.340 e. The van der Waals surface area contributed by atoms with Crippen molar-refractivity contribution >= 4 is 5.97 Å². The molecule has 1 rings (SSSR count). The number of methoxy groups -OCH3 is 1. The van der Waals surface area contributed by atoms with Gasteiger partial charge in [-0.05, 0) is 18.8 Å². The zero-order valence-corrected chi connectivity index (χ0v) is 8.63. The first-order valence-corrected chi connectivity index (χ1v) is 4.81. The van der Waals surface area contributed by atoms with E-state index in [2.05, 4.69) is 4.74 Å². The van der Waals surface area contributed by atoms with Crippen LogP contribution in [0.25, 0.3) is 0 Å². The highest BCUT2D eigenvalue weighted by atomic mass is 19.3. The van der Waals surface area contributed by atoms with Crippen molar-refractivity contribution in [2.45, 2.75) is 37.3 Å². The number of rotatable bonds is 5. The van der Waals surface area contributed by atoms with Crippen LogP contribution < -0.4 is 11.5 Å². The van der Waals surface area contributed by atoms with Gasteiger partial charge in [0.15, 0.2) is 5.66 Å². The molecule has 0 aromatic carbocycles. The maximum absolute atomic E-state index is 13.3. The number of hydrogen-bond donors (Lipinski definition) is 2. The molecule has 0 bridgehead atoms. The summed E-state index contributed by atoms with van der Waals surface area (Å²) in [5.41, 5.74) is 8.45. The smallest absolute Gasteiger partial charge is 0.340 e. The molecule has 0 spiro atoms. The fourth-order valence-electron chi connectivity index (χ4n) is 1.51. The van der Waals surface area contributed by atoms with Gasteiger partial charge in [-0.3, -0.25) is 0 Å². The van der Waals surface area contributed by atoms with Crippen LogP contribution in [-0.4, -0.2) is 24.7 Å². The summed E-state index contributed by atoms with van der Waals surface area (Å²) in [6.07, 6.45) is 0.509. The van der Waals surface area contributed by atoms with Crippen LogP contribution in [0.4, 0.5) is 8.78 Å². The molecule has 1 fully saturated rings. The summed E-state index contributed by atoms with van der Waals surface area (Å²) in [6.45, 7) is 0. The van der Waals surface area contributed by atoms with Gasteiger partial charge >= 0.3 is 5.97 Å². The monoisotopic (exact) mass is 222 g/mol. The minimum atomic E-state index is -3.00. The Morgan fingerprint density at radius 3 is 2.40 bits per heavy atom. The fourth-order valence-corrected chi connectivity index (χ4v) is 1.51. The molecule has 0 heterocycles. The second-order valence-corrected chi connectivity index (χ2v) is 4.21. The first-order chi connectivity index (χ1) is 6.77. The van der Waals surface area contributed by atoms with E-state index in [0.717, 1.165) is 20.0 Å². The number of carbonyl (C=O) groups excluding carboxylic acids is 1. The molecule has 0 radical (unpaired) electrons. The first kappa shape index (κ1) is 12.3. The van der Waals surface area contributed by atoms with E-state index in [-0.39, 0.29) is 12.3 Å². The van der Waals surface area contributed by atoms with Crippen molar-refractivity contribution in [1.82, 2.24) is 0 Å². The molecule has 6 heteroatoms. The van der Waals surface area contributed by atoms with E-state index in [1.54, 1.807) is 0 Å². The van der Waals surface area contributed by atoms with Crippen LogP contribution in [0, 0.1) is 5.92 Å². The average molecular weight is 222 g/mol. The lowest BCUT2D eigenvalue weighted by Gasteiger charge is -2.26. The van der Waals surface area contributed by atoms with Crippen LogP contribution >= 0.6 is 0 Å². The van der Waals surface area contributed by atoms with Crippen molar-refractivity contribution in [3.63, 3.8) is 0 Å². The van der Waals surface area contributed by atoms with Gasteiger partial charge in [-0.2, -0.15) is 0 Å². The molecule has 0 unspecified atom stereocenters. The Labute approximate surface area is 86.9 Å². The highest BCUT2D eigenvalue weighted by Crippen LogP contribution is 2.41. The van der Waals surface area contributed by atoms with Gasteiger partial charge in [0, 0.05) is 6.42 Å². The standard InChI is InChI=1S/C9H16F2N2O2/c1-15-7(14)9(12,13)5-8(10,11)4-6-2-3-6/h6H,2-5,12-13H2,1H3. The molecule has 88 valence electrons. The quantitative estimate of drug-likeness (QED) is 0.527. The molecule has 0 amide bonds. The maximum atomic E-state index is 13.3. The molecule has 0 atom stereocenters. The van der Waals surface area contributed by atoms with Gasteiger partial charge in [0.2, 0.25) is 0 Å². The Bertz CT molecular complexity index is 252. The van der Waals surface area contributed by atoms with Gasteiger partial charge < -0.3 is 16.2 Å². The number of ether oxygens (including phenoxy) is 1. The lowest BCUT2D eigenvalue weighted by Crippen LogP contribution is -2.59. The molecule has 0 aromatic heterocycles. The van der Waals surface area contributed by atoms with Crippen LogP contribution in [-0.2, 0) is 9.53 Å². The van der Waals surface area contributed by atoms with Gasteiger partial charge in [-0.1, -0.05) is 0 Å². The van der Waals surface area contributed by atoms with E-state index < -0.39 is 24.0 Å². The number of nitrogens with two attached hydrogens (primary N) is 2. The SMILES string of the molecule is COC(=O)C(N)(N)CC(F)(F)CC1CC1. The van der Waals surface area contributed by atoms with Crippen molar-refractivity contribution in [3.05, 3.63) is 0 Å². The fraction of sp³-hybridized carbons (Fsp3) is 0.889. The summed E-state index contributed by atoms with van der Waals surface area (Å²) in [6, 6.07) is 0. The molecule has 15 heavy (non-hydrogen) atoms. The third kappa shape index (κ3) is 3.71. The summed E-state index contributed by atoms with van der Waals surface area (Å²) in [4.78, 5) is 11.0. The number of carbonyl (C=O) groups is 1. The molecule has 0 aromatic rings. The number of esters is 1. The molecule has 0 saturated heterocycles. The number of alkyl halides is 2. The zero-order chi connectivity index (χ0) is 11.7. The van der Waals surface area contributed by atoms with Crippen LogP contribution in [0.15, 0.2) is 0 Å². The number of halogens is 2. The zero-order valence-electron chi connectivity index (χ0n) is 8.63. The molecule has 4 nitrogen and oxygen atoms in total. The molecule has 1 aliphatic rings. The van der Waals surface area contributed by atoms with Gasteiger partial charge in [0.1, 0.15) is 0 Å². The van der Waals surface area contributed by atoms with E-state index in [1.165, 1.54) is 0 Å². The summed E-state index contributed by atoms with van der Waals surface area (Å²) < 4.78 is 30.9. The molecule has 1 saturated carbocycles. The Morgan fingerprint density at radius 2 is 2.00 bits per heavy atom. The Kier molecular flexibility index (Phi) is 3.30. The summed E-state index contributed by atoms with van der Waals surface area (Å²) in [5, 5.41) is 0. The third-order valence-electron chi connectivity index (χ3n) is 2.40. The first-order valence-electron chi connectivity index (χ1n) is 4.81.